The van der Waals surface area contributed by atoms with Gasteiger partial charge in [0.2, 0.25) is 0 Å². The lowest BCUT2D eigenvalue weighted by atomic mass is 9.87. The topological polar surface area (TPSA) is 64.7 Å². The van der Waals surface area contributed by atoms with Crippen molar-refractivity contribution in [2.24, 2.45) is 0 Å². The molecule has 0 aromatic heterocycles. The minimum atomic E-state index is -0.524. The van der Waals surface area contributed by atoms with E-state index in [9.17, 15) is 4.79 Å². The maximum atomic E-state index is 11.5. The van der Waals surface area contributed by atoms with Crippen molar-refractivity contribution in [1.29, 1.82) is 11.9 Å². The van der Waals surface area contributed by atoms with E-state index in [2.05, 4.69) is 0 Å². The Hall–Kier alpha value is -2.33. The molecule has 0 heterocycles. The molecule has 15 heavy (non-hydrogen) atoms. The number of hydrogen-bond donors (Lipinski definition) is 0. The number of carbonyl (C=O) groups is 1. The molecule has 4 heteroatoms. The summed E-state index contributed by atoms with van der Waals surface area (Å²) in [6.07, 6.45) is 0. The van der Waals surface area contributed by atoms with E-state index in [-0.39, 0.29) is 11.1 Å². The number of allylic oxidation sites excluding steroid dienone is 2. The Labute approximate surface area is 90.0 Å². The fourth-order valence-electron chi connectivity index (χ4n) is 1.19. The van der Waals surface area contributed by atoms with Crippen molar-refractivity contribution < 1.29 is 4.79 Å². The highest BCUT2D eigenvalue weighted by Crippen LogP contribution is 2.18. The zero-order valence-corrected chi connectivity index (χ0v) is 7.90. The standard InChI is InChI=1S/C11H7BN2O/c12-11(15)10(9(6-13)7-14)8-4-2-1-3-5-8/h1-5H,12H2/i12D. The van der Waals surface area contributed by atoms with Crippen LogP contribution < -0.4 is 0 Å². The van der Waals surface area contributed by atoms with Gasteiger partial charge >= 0.3 is 0 Å². The van der Waals surface area contributed by atoms with Crippen LogP contribution in [0.1, 0.15) is 5.56 Å². The van der Waals surface area contributed by atoms with Crippen LogP contribution in [0, 0.1) is 22.7 Å². The summed E-state index contributed by atoms with van der Waals surface area (Å²) in [6, 6.07) is 11.8. The van der Waals surface area contributed by atoms with Gasteiger partial charge in [-0.3, -0.25) is 0 Å². The maximum Gasteiger partial charge on any atom is 0.193 e. The van der Waals surface area contributed by atoms with Gasteiger partial charge in [-0.15, -0.1) is 0 Å². The fourth-order valence-corrected chi connectivity index (χ4v) is 1.19. The van der Waals surface area contributed by atoms with Crippen molar-refractivity contribution >= 4 is 19.1 Å². The van der Waals surface area contributed by atoms with Crippen molar-refractivity contribution in [2.45, 2.75) is 0 Å². The van der Waals surface area contributed by atoms with E-state index in [0.717, 1.165) is 0 Å². The Morgan fingerprint density at radius 2 is 1.87 bits per heavy atom. The van der Waals surface area contributed by atoms with Crippen molar-refractivity contribution in [1.82, 2.24) is 0 Å². The highest BCUT2D eigenvalue weighted by atomic mass is 16.1. The number of nitriles is 2. The monoisotopic (exact) mass is 195 g/mol. The first-order valence-electron chi connectivity index (χ1n) is 4.87. The molecule has 0 saturated heterocycles. The van der Waals surface area contributed by atoms with Gasteiger partial charge in [0.25, 0.3) is 0 Å². The van der Waals surface area contributed by atoms with Crippen molar-refractivity contribution in [3.8, 4) is 12.1 Å². The second kappa shape index (κ2) is 4.78. The van der Waals surface area contributed by atoms with Crippen molar-refractivity contribution in [3.63, 3.8) is 0 Å². The van der Waals surface area contributed by atoms with E-state index in [1.165, 1.54) is 0 Å². The molecule has 70 valence electrons. The Balaban J connectivity index is 3.41. The third-order valence-corrected chi connectivity index (χ3v) is 1.81. The summed E-state index contributed by atoms with van der Waals surface area (Å²) >= 11 is 0. The molecule has 0 amide bonds. The summed E-state index contributed by atoms with van der Waals surface area (Å²) in [7, 11) is -0.475. The Bertz CT molecular complexity index is 495. The zero-order valence-electron chi connectivity index (χ0n) is 8.90. The quantitative estimate of drug-likeness (QED) is 0.404. The third-order valence-electron chi connectivity index (χ3n) is 1.81. The molecule has 0 N–H and O–H groups in total. The van der Waals surface area contributed by atoms with Gasteiger partial charge in [-0.05, 0) is 6.90 Å². The van der Waals surface area contributed by atoms with Crippen LogP contribution >= 0.6 is 0 Å². The van der Waals surface area contributed by atoms with Crippen molar-refractivity contribution in [2.75, 3.05) is 0 Å². The minimum absolute atomic E-state index is 0.0283. The minimum Gasteiger partial charge on any atom is -0.307 e. The second-order valence-corrected chi connectivity index (χ2v) is 2.76. The molecule has 0 fully saturated rings. The van der Waals surface area contributed by atoms with Crippen LogP contribution in [0.2, 0.25) is 0 Å². The molecule has 0 unspecified atom stereocenters. The predicted molar refractivity (Wildman–Crippen MR) is 58.1 cm³/mol. The van der Waals surface area contributed by atoms with Gasteiger partial charge in [0, 0.05) is 5.57 Å². The Kier molecular flexibility index (Phi) is 2.95. The molecule has 3 nitrogen and oxygen atoms in total. The summed E-state index contributed by atoms with van der Waals surface area (Å²) in [6.45, 7) is 0. The summed E-state index contributed by atoms with van der Waals surface area (Å²) in [5.74, 6) is 0. The molecule has 0 spiro atoms. The molecule has 0 atom stereocenters. The first-order chi connectivity index (χ1) is 7.74. The SMILES string of the molecule is [2H]BC(=O)C(=C(C#N)C#N)c1ccccc1. The maximum absolute atomic E-state index is 11.5. The molecule has 0 saturated carbocycles. The summed E-state index contributed by atoms with van der Waals surface area (Å²) in [5.41, 5.74) is -0.244. The smallest absolute Gasteiger partial charge is 0.193 e. The van der Waals surface area contributed by atoms with Gasteiger partial charge in [0.15, 0.2) is 7.81 Å². The summed E-state index contributed by atoms with van der Waals surface area (Å²) in [4.78, 5) is 11.5. The molecular formula is C11H7BN2O. The first kappa shape index (κ1) is 9.24. The lowest BCUT2D eigenvalue weighted by Gasteiger charge is -2.02. The molecule has 0 radical (unpaired) electrons. The summed E-state index contributed by atoms with van der Waals surface area (Å²) < 4.78 is 7.03. The van der Waals surface area contributed by atoms with Gasteiger partial charge in [0.1, 0.15) is 23.4 Å². The predicted octanol–water partition coefficient (Wildman–Crippen LogP) is 0.647. The van der Waals surface area contributed by atoms with Gasteiger partial charge in [-0.25, -0.2) is 0 Å². The van der Waals surface area contributed by atoms with Crippen LogP contribution in [-0.2, 0) is 4.79 Å². The third kappa shape index (κ3) is 2.33. The van der Waals surface area contributed by atoms with E-state index in [4.69, 9.17) is 11.9 Å². The van der Waals surface area contributed by atoms with Crippen molar-refractivity contribution in [3.05, 3.63) is 41.5 Å². The van der Waals surface area contributed by atoms with Gasteiger partial charge < -0.3 is 4.79 Å². The molecule has 1 rings (SSSR count). The number of carbonyl (C=O) groups excluding carboxylic acids is 1. The average Bonchev–Trinajstić information content (AvgIpc) is 2.36. The number of nitrogens with zero attached hydrogens (tertiary/aromatic N) is 2. The van der Waals surface area contributed by atoms with E-state index < -0.39 is 13.5 Å². The van der Waals surface area contributed by atoms with Gasteiger partial charge in [0.05, 0.1) is 0 Å². The largest absolute Gasteiger partial charge is 0.307 e. The lowest BCUT2D eigenvalue weighted by Crippen LogP contribution is -2.03. The van der Waals surface area contributed by atoms with Crippen LogP contribution in [0.5, 0.6) is 0 Å². The molecule has 0 aliphatic carbocycles. The normalized spacial score (nSPS) is 9.07. The van der Waals surface area contributed by atoms with E-state index in [1.807, 2.05) is 0 Å². The van der Waals surface area contributed by atoms with E-state index in [0.29, 0.717) is 5.56 Å². The fraction of sp³-hybridized carbons (Fsp3) is 0. The second-order valence-electron chi connectivity index (χ2n) is 2.76. The molecule has 1 aromatic rings. The summed E-state index contributed by atoms with van der Waals surface area (Å²) in [5, 5.41) is 17.5. The molecule has 0 aliphatic heterocycles. The van der Waals surface area contributed by atoms with Crippen LogP contribution in [0.4, 0.5) is 0 Å². The highest BCUT2D eigenvalue weighted by molar-refractivity contribution is 6.70. The van der Waals surface area contributed by atoms with Crippen LogP contribution in [0.3, 0.4) is 0 Å². The van der Waals surface area contributed by atoms with Gasteiger partial charge in [-0.1, -0.05) is 30.3 Å². The van der Waals surface area contributed by atoms with Crippen LogP contribution in [0.15, 0.2) is 35.9 Å². The molecular weight excluding hydrogens is 187 g/mol. The first-order valence-corrected chi connectivity index (χ1v) is 4.17. The highest BCUT2D eigenvalue weighted by Gasteiger charge is 2.12. The number of hydrogen-bond acceptors (Lipinski definition) is 3. The Morgan fingerprint density at radius 1 is 1.27 bits per heavy atom. The molecule has 0 bridgehead atoms. The number of benzene rings is 1. The van der Waals surface area contributed by atoms with Crippen LogP contribution in [-0.4, -0.2) is 14.8 Å². The number of rotatable bonds is 3. The zero-order chi connectivity index (χ0) is 12.0. The molecule has 0 aliphatic rings. The average molecular weight is 195 g/mol. The lowest BCUT2D eigenvalue weighted by molar-refractivity contribution is -0.107. The van der Waals surface area contributed by atoms with Crippen LogP contribution in [0.25, 0.3) is 5.57 Å². The molecule has 1 aromatic carbocycles. The van der Waals surface area contributed by atoms with E-state index in [1.54, 1.807) is 42.5 Å². The van der Waals surface area contributed by atoms with E-state index >= 15 is 0 Å². The Morgan fingerprint density at radius 3 is 2.33 bits per heavy atom. The van der Waals surface area contributed by atoms with Gasteiger partial charge in [-0.2, -0.15) is 10.5 Å².